The van der Waals surface area contributed by atoms with E-state index < -0.39 is 10.0 Å². The number of aromatic nitrogens is 1. The van der Waals surface area contributed by atoms with Gasteiger partial charge in [-0.1, -0.05) is 0 Å². The number of rotatable bonds is 3. The fraction of sp³-hybridized carbons (Fsp3) is 0.200. The molecule has 0 spiro atoms. The minimum absolute atomic E-state index is 0.0566. The highest BCUT2D eigenvalue weighted by Gasteiger charge is 2.23. The monoisotopic (exact) mass is 315 g/mol. The Kier molecular flexibility index (Phi) is 3.47. The number of fused-ring (bicyclic) bond motifs is 1. The van der Waals surface area contributed by atoms with Crippen LogP contribution < -0.4 is 9.46 Å². The Hall–Kier alpha value is -2.59. The number of anilines is 1. The lowest BCUT2D eigenvalue weighted by molar-refractivity contribution is 0.254. The van der Waals surface area contributed by atoms with Crippen LogP contribution in [0.5, 0.6) is 5.75 Å². The van der Waals surface area contributed by atoms with Crippen LogP contribution in [0.1, 0.15) is 18.1 Å². The van der Waals surface area contributed by atoms with E-state index in [4.69, 9.17) is 10.00 Å². The van der Waals surface area contributed by atoms with Gasteiger partial charge in [0.1, 0.15) is 23.7 Å². The van der Waals surface area contributed by atoms with Crippen LogP contribution in [0.25, 0.3) is 0 Å². The number of sulfonamides is 1. The van der Waals surface area contributed by atoms with Gasteiger partial charge in [0, 0.05) is 12.6 Å². The lowest BCUT2D eigenvalue weighted by atomic mass is 10.1. The van der Waals surface area contributed by atoms with Crippen molar-refractivity contribution in [3.63, 3.8) is 0 Å². The predicted molar refractivity (Wildman–Crippen MR) is 80.0 cm³/mol. The van der Waals surface area contributed by atoms with E-state index in [2.05, 4.69) is 9.71 Å². The molecule has 0 fully saturated rings. The Labute approximate surface area is 128 Å². The minimum atomic E-state index is -3.72. The average molecular weight is 315 g/mol. The molecule has 2 aromatic rings. The fourth-order valence-electron chi connectivity index (χ4n) is 2.28. The Bertz CT molecular complexity index is 855. The van der Waals surface area contributed by atoms with Gasteiger partial charge < -0.3 is 4.74 Å². The van der Waals surface area contributed by atoms with Crippen molar-refractivity contribution in [1.82, 2.24) is 4.98 Å². The fourth-order valence-corrected chi connectivity index (χ4v) is 3.34. The zero-order valence-corrected chi connectivity index (χ0v) is 12.6. The van der Waals surface area contributed by atoms with Crippen LogP contribution in [0.3, 0.4) is 0 Å². The number of ether oxygens (including phenoxy) is 1. The SMILES string of the molecule is C[C@H]1Cc2cc(S(=O)(=O)Nc3ccc(C#N)cn3)ccc2O1. The third-order valence-electron chi connectivity index (χ3n) is 3.31. The molecule has 1 aliphatic heterocycles. The molecule has 0 unspecified atom stereocenters. The van der Waals surface area contributed by atoms with Crippen molar-refractivity contribution >= 4 is 15.8 Å². The maximum Gasteiger partial charge on any atom is 0.263 e. The molecule has 22 heavy (non-hydrogen) atoms. The minimum Gasteiger partial charge on any atom is -0.490 e. The molecule has 0 saturated heterocycles. The molecule has 112 valence electrons. The Morgan fingerprint density at radius 3 is 2.86 bits per heavy atom. The zero-order valence-electron chi connectivity index (χ0n) is 11.8. The predicted octanol–water partition coefficient (Wildman–Crippen LogP) is 2.08. The molecule has 6 nitrogen and oxygen atoms in total. The Balaban J connectivity index is 1.87. The molecule has 2 heterocycles. The molecule has 3 rings (SSSR count). The van der Waals surface area contributed by atoms with Crippen LogP contribution in [0, 0.1) is 11.3 Å². The van der Waals surface area contributed by atoms with E-state index in [0.717, 1.165) is 11.3 Å². The number of pyridine rings is 1. The summed E-state index contributed by atoms with van der Waals surface area (Å²) in [7, 11) is -3.72. The first-order valence-electron chi connectivity index (χ1n) is 6.66. The highest BCUT2D eigenvalue weighted by atomic mass is 32.2. The lowest BCUT2D eigenvalue weighted by Crippen LogP contribution is -2.14. The van der Waals surface area contributed by atoms with E-state index in [1.165, 1.54) is 24.4 Å². The lowest BCUT2D eigenvalue weighted by Gasteiger charge is -2.08. The van der Waals surface area contributed by atoms with E-state index in [-0.39, 0.29) is 16.8 Å². The summed E-state index contributed by atoms with van der Waals surface area (Å²) in [5.41, 5.74) is 1.25. The van der Waals surface area contributed by atoms with Gasteiger partial charge in [-0.05, 0) is 42.8 Å². The summed E-state index contributed by atoms with van der Waals surface area (Å²) in [4.78, 5) is 4.07. The molecule has 0 radical (unpaired) electrons. The van der Waals surface area contributed by atoms with Gasteiger partial charge in [-0.2, -0.15) is 5.26 Å². The summed E-state index contributed by atoms with van der Waals surface area (Å²) < 4.78 is 32.7. The van der Waals surface area contributed by atoms with Crippen molar-refractivity contribution in [2.45, 2.75) is 24.3 Å². The van der Waals surface area contributed by atoms with Crippen LogP contribution in [0.4, 0.5) is 5.82 Å². The number of nitriles is 1. The first-order valence-corrected chi connectivity index (χ1v) is 8.15. The second-order valence-corrected chi connectivity index (χ2v) is 6.73. The van der Waals surface area contributed by atoms with E-state index in [0.29, 0.717) is 12.0 Å². The molecule has 0 aliphatic carbocycles. The molecule has 0 amide bonds. The van der Waals surface area contributed by atoms with Crippen molar-refractivity contribution in [3.8, 4) is 11.8 Å². The molecular weight excluding hydrogens is 302 g/mol. The zero-order chi connectivity index (χ0) is 15.7. The Morgan fingerprint density at radius 1 is 1.36 bits per heavy atom. The van der Waals surface area contributed by atoms with Gasteiger partial charge >= 0.3 is 0 Å². The van der Waals surface area contributed by atoms with Crippen molar-refractivity contribution in [2.24, 2.45) is 0 Å². The van der Waals surface area contributed by atoms with E-state index >= 15 is 0 Å². The largest absolute Gasteiger partial charge is 0.490 e. The Morgan fingerprint density at radius 2 is 2.18 bits per heavy atom. The number of nitrogens with one attached hydrogen (secondary N) is 1. The third kappa shape index (κ3) is 2.73. The average Bonchev–Trinajstić information content (AvgIpc) is 2.86. The normalized spacial score (nSPS) is 16.5. The summed E-state index contributed by atoms with van der Waals surface area (Å²) in [5, 5.41) is 8.71. The number of benzene rings is 1. The topological polar surface area (TPSA) is 92.1 Å². The second kappa shape index (κ2) is 5.31. The van der Waals surface area contributed by atoms with Gasteiger partial charge in [-0.3, -0.25) is 4.72 Å². The van der Waals surface area contributed by atoms with Crippen LogP contribution in [0.2, 0.25) is 0 Å². The molecular formula is C15H13N3O3S. The van der Waals surface area contributed by atoms with Gasteiger partial charge in [0.25, 0.3) is 10.0 Å². The first kappa shape index (κ1) is 14.4. The van der Waals surface area contributed by atoms with E-state index in [9.17, 15) is 8.42 Å². The molecule has 1 aromatic heterocycles. The van der Waals surface area contributed by atoms with Gasteiger partial charge in [0.15, 0.2) is 0 Å². The van der Waals surface area contributed by atoms with Gasteiger partial charge in [0.05, 0.1) is 10.5 Å². The van der Waals surface area contributed by atoms with Crippen LogP contribution in [-0.4, -0.2) is 19.5 Å². The molecule has 0 saturated carbocycles. The van der Waals surface area contributed by atoms with E-state index in [1.54, 1.807) is 12.1 Å². The second-order valence-electron chi connectivity index (χ2n) is 5.05. The summed E-state index contributed by atoms with van der Waals surface area (Å²) >= 11 is 0. The van der Waals surface area contributed by atoms with Crippen LogP contribution >= 0.6 is 0 Å². The van der Waals surface area contributed by atoms with Gasteiger partial charge in [0.2, 0.25) is 0 Å². The summed E-state index contributed by atoms with van der Waals surface area (Å²) in [5.74, 6) is 0.895. The summed E-state index contributed by atoms with van der Waals surface area (Å²) in [6, 6.07) is 9.67. The quantitative estimate of drug-likeness (QED) is 0.936. The van der Waals surface area contributed by atoms with Gasteiger partial charge in [-0.15, -0.1) is 0 Å². The molecule has 1 aromatic carbocycles. The van der Waals surface area contributed by atoms with Crippen molar-refractivity contribution in [1.29, 1.82) is 5.26 Å². The van der Waals surface area contributed by atoms with Crippen molar-refractivity contribution in [3.05, 3.63) is 47.7 Å². The highest BCUT2D eigenvalue weighted by molar-refractivity contribution is 7.92. The molecule has 1 N–H and O–H groups in total. The third-order valence-corrected chi connectivity index (χ3v) is 4.66. The number of nitrogens with zero attached hydrogens (tertiary/aromatic N) is 2. The highest BCUT2D eigenvalue weighted by Crippen LogP contribution is 2.31. The van der Waals surface area contributed by atoms with Crippen LogP contribution in [0.15, 0.2) is 41.4 Å². The van der Waals surface area contributed by atoms with E-state index in [1.807, 2.05) is 13.0 Å². The maximum absolute atomic E-state index is 12.4. The van der Waals surface area contributed by atoms with Crippen molar-refractivity contribution < 1.29 is 13.2 Å². The molecule has 0 bridgehead atoms. The smallest absolute Gasteiger partial charge is 0.263 e. The molecule has 7 heteroatoms. The summed E-state index contributed by atoms with van der Waals surface area (Å²) in [6.07, 6.45) is 2.06. The summed E-state index contributed by atoms with van der Waals surface area (Å²) in [6.45, 7) is 1.94. The number of hydrogen-bond acceptors (Lipinski definition) is 5. The first-order chi connectivity index (χ1) is 10.5. The maximum atomic E-state index is 12.4. The van der Waals surface area contributed by atoms with Crippen molar-refractivity contribution in [2.75, 3.05) is 4.72 Å². The number of hydrogen-bond donors (Lipinski definition) is 1. The molecule has 1 aliphatic rings. The van der Waals surface area contributed by atoms with Crippen LogP contribution in [-0.2, 0) is 16.4 Å². The van der Waals surface area contributed by atoms with Gasteiger partial charge in [-0.25, -0.2) is 13.4 Å². The molecule has 1 atom stereocenters. The standard InChI is InChI=1S/C15H13N3O3S/c1-10-6-12-7-13(3-4-14(12)21-10)22(19,20)18-15-5-2-11(8-16)9-17-15/h2-5,7,9-10H,6H2,1H3,(H,17,18)/t10-/m0/s1.